The van der Waals surface area contributed by atoms with Gasteiger partial charge in [0, 0.05) is 0 Å². The van der Waals surface area contributed by atoms with Gasteiger partial charge < -0.3 is 0 Å². The second-order valence-electron chi connectivity index (χ2n) is 7.94. The van der Waals surface area contributed by atoms with Gasteiger partial charge in [0.25, 0.3) is 0 Å². The molecule has 0 N–H and O–H groups in total. The van der Waals surface area contributed by atoms with Gasteiger partial charge in [0.1, 0.15) is 0 Å². The number of benzene rings is 1. The molecule has 0 saturated carbocycles. The quantitative estimate of drug-likeness (QED) is 0.178. The number of carbonyl (C=O) groups excluding carboxylic acids is 1. The van der Waals surface area contributed by atoms with E-state index < -0.39 is 54.6 Å². The third-order valence-electron chi connectivity index (χ3n) is 5.40. The van der Waals surface area contributed by atoms with Crippen molar-refractivity contribution in [2.24, 2.45) is 0 Å². The van der Waals surface area contributed by atoms with Crippen molar-refractivity contribution in [1.82, 2.24) is 0 Å². The average Bonchev–Trinajstić information content (AvgIpc) is 3.11. The van der Waals surface area contributed by atoms with E-state index in [2.05, 4.69) is 0 Å². The van der Waals surface area contributed by atoms with E-state index in [9.17, 15) is 61.9 Å². The molecular weight excluding hydrogens is 598 g/mol. The Bertz CT molecular complexity index is 929. The molecule has 1 aromatic carbocycles. The Morgan fingerprint density at radius 2 is 1.31 bits per heavy atom. The number of hydrogen-bond acceptors (Lipinski definition) is 2. The van der Waals surface area contributed by atoms with Crippen LogP contribution in [0.4, 0.5) is 57.1 Å². The molecule has 2 atom stereocenters. The molecule has 0 spiro atoms. The number of cyclic esters (lactones) is 1. The fourth-order valence-corrected chi connectivity index (χ4v) is 5.87. The second kappa shape index (κ2) is 9.88. The van der Waals surface area contributed by atoms with Crippen molar-refractivity contribution in [2.45, 2.75) is 79.3 Å². The molecule has 1 fully saturated rings. The minimum absolute atomic E-state index is 0.136. The van der Waals surface area contributed by atoms with E-state index in [1.54, 1.807) is 6.92 Å². The molecule has 1 heterocycles. The molecule has 16 heteroatoms. The standard InChI is InChI=1S/C20H17F13O2Se/c1-2-12-13(9-14(34)35-12)36-11-5-3-10(4-6-11)7-8-15(21,22)16(23,24)17(25,26)18(27,28)19(29,30)20(31,32)33/h3-6,12-13H,2,7-9H2,1H3/t12-,13+/m1/s1. The Morgan fingerprint density at radius 3 is 1.78 bits per heavy atom. The van der Waals surface area contributed by atoms with E-state index in [0.717, 1.165) is 12.1 Å². The third kappa shape index (κ3) is 5.30. The molecule has 0 bridgehead atoms. The summed E-state index contributed by atoms with van der Waals surface area (Å²) < 4.78 is 177. The Balaban J connectivity index is 2.15. The summed E-state index contributed by atoms with van der Waals surface area (Å²) in [4.78, 5) is 11.3. The van der Waals surface area contributed by atoms with Gasteiger partial charge in [-0.3, -0.25) is 0 Å². The topological polar surface area (TPSA) is 26.3 Å². The van der Waals surface area contributed by atoms with E-state index in [0.29, 0.717) is 10.9 Å². The predicted octanol–water partition coefficient (Wildman–Crippen LogP) is 6.20. The Labute approximate surface area is 201 Å². The van der Waals surface area contributed by atoms with Crippen molar-refractivity contribution < 1.29 is 66.6 Å². The number of halogens is 13. The summed E-state index contributed by atoms with van der Waals surface area (Å²) in [6.07, 6.45) is -10.5. The van der Waals surface area contributed by atoms with E-state index >= 15 is 0 Å². The third-order valence-corrected chi connectivity index (χ3v) is 8.17. The molecule has 206 valence electrons. The molecule has 1 aliphatic rings. The number of hydrogen-bond donors (Lipinski definition) is 0. The molecular formula is C20H17F13O2Se. The summed E-state index contributed by atoms with van der Waals surface area (Å²) in [5, 5.41) is 0. The van der Waals surface area contributed by atoms with E-state index in [1.807, 2.05) is 0 Å². The molecule has 1 saturated heterocycles. The summed E-state index contributed by atoms with van der Waals surface area (Å²) in [6, 6.07) is 5.00. The first-order valence-electron chi connectivity index (χ1n) is 10.0. The maximum absolute atomic E-state index is 13.9. The van der Waals surface area contributed by atoms with Crippen LogP contribution in [0.2, 0.25) is 4.82 Å². The Kier molecular flexibility index (Phi) is 8.38. The van der Waals surface area contributed by atoms with E-state index in [-0.39, 0.29) is 37.9 Å². The first kappa shape index (κ1) is 30.5. The summed E-state index contributed by atoms with van der Waals surface area (Å²) in [6.45, 7) is 1.79. The molecule has 0 aliphatic carbocycles. The van der Waals surface area contributed by atoms with E-state index in [1.165, 1.54) is 12.1 Å². The van der Waals surface area contributed by atoms with Crippen molar-refractivity contribution in [3.8, 4) is 0 Å². The van der Waals surface area contributed by atoms with Gasteiger partial charge in [0.15, 0.2) is 0 Å². The zero-order valence-corrected chi connectivity index (χ0v) is 19.6. The normalized spacial score (nSPS) is 20.6. The van der Waals surface area contributed by atoms with Gasteiger partial charge in [0.05, 0.1) is 0 Å². The minimum atomic E-state index is -7.89. The zero-order chi connectivity index (χ0) is 28.0. The van der Waals surface area contributed by atoms with Gasteiger partial charge >= 0.3 is 188 Å². The Hall–Kier alpha value is -1.70. The van der Waals surface area contributed by atoms with Gasteiger partial charge in [0.2, 0.25) is 0 Å². The van der Waals surface area contributed by atoms with Gasteiger partial charge in [-0.2, -0.15) is 13.2 Å². The SMILES string of the molecule is CC[C@H]1OC(=O)C[C@@H]1[Se]c1ccc(CCC(F)(F)C(F)(F)C(F)(F)C(F)(F)C(F)(F)C(F)(F)F)cc1. The maximum atomic E-state index is 13.9. The van der Waals surface area contributed by atoms with Crippen LogP contribution in [0.25, 0.3) is 0 Å². The van der Waals surface area contributed by atoms with Crippen LogP contribution < -0.4 is 4.46 Å². The van der Waals surface area contributed by atoms with Crippen LogP contribution in [0.5, 0.6) is 0 Å². The summed E-state index contributed by atoms with van der Waals surface area (Å²) in [7, 11) is 0. The first-order valence-corrected chi connectivity index (χ1v) is 11.9. The van der Waals surface area contributed by atoms with Gasteiger partial charge in [-0.25, -0.2) is 0 Å². The van der Waals surface area contributed by atoms with Crippen LogP contribution in [0.15, 0.2) is 24.3 Å². The fraction of sp³-hybridized carbons (Fsp3) is 0.650. The van der Waals surface area contributed by atoms with Crippen molar-refractivity contribution in [1.29, 1.82) is 0 Å². The van der Waals surface area contributed by atoms with Gasteiger partial charge in [-0.15, -0.1) is 0 Å². The molecule has 2 nitrogen and oxygen atoms in total. The number of ether oxygens (including phenoxy) is 1. The molecule has 0 unspecified atom stereocenters. The number of esters is 1. The van der Waals surface area contributed by atoms with Crippen LogP contribution >= 0.6 is 0 Å². The zero-order valence-electron chi connectivity index (χ0n) is 17.9. The molecule has 0 radical (unpaired) electrons. The van der Waals surface area contributed by atoms with Crippen molar-refractivity contribution in [3.63, 3.8) is 0 Å². The molecule has 0 amide bonds. The molecule has 2 rings (SSSR count). The van der Waals surface area contributed by atoms with Crippen molar-refractivity contribution >= 4 is 25.4 Å². The number of aryl methyl sites for hydroxylation is 1. The van der Waals surface area contributed by atoms with E-state index in [4.69, 9.17) is 4.74 Å². The van der Waals surface area contributed by atoms with Gasteiger partial charge in [-0.1, -0.05) is 0 Å². The Morgan fingerprint density at radius 1 is 0.806 bits per heavy atom. The number of alkyl halides is 13. The summed E-state index contributed by atoms with van der Waals surface area (Å²) >= 11 is -0.334. The van der Waals surface area contributed by atoms with Crippen LogP contribution in [0.1, 0.15) is 31.7 Å². The predicted molar refractivity (Wildman–Crippen MR) is 99.5 cm³/mol. The molecule has 1 aliphatic heterocycles. The van der Waals surface area contributed by atoms with Crippen molar-refractivity contribution in [2.75, 3.05) is 0 Å². The molecule has 1 aromatic rings. The van der Waals surface area contributed by atoms with Crippen LogP contribution in [-0.2, 0) is 16.0 Å². The number of carbonyl (C=O) groups is 1. The number of rotatable bonds is 10. The van der Waals surface area contributed by atoms with Gasteiger partial charge in [-0.05, 0) is 0 Å². The summed E-state index contributed by atoms with van der Waals surface area (Å²) in [5.41, 5.74) is -0.161. The monoisotopic (exact) mass is 616 g/mol. The average molecular weight is 615 g/mol. The van der Waals surface area contributed by atoms with Crippen LogP contribution in [0.3, 0.4) is 0 Å². The van der Waals surface area contributed by atoms with Crippen molar-refractivity contribution in [3.05, 3.63) is 29.8 Å². The first-order chi connectivity index (χ1) is 16.1. The van der Waals surface area contributed by atoms with Crippen LogP contribution in [-0.4, -0.2) is 62.8 Å². The molecule has 36 heavy (non-hydrogen) atoms. The van der Waals surface area contributed by atoms with Crippen LogP contribution in [0, 0.1) is 0 Å². The summed E-state index contributed by atoms with van der Waals surface area (Å²) in [5.74, 6) is -37.2. The molecule has 0 aromatic heterocycles. The second-order valence-corrected chi connectivity index (χ2v) is 10.7. The fourth-order valence-electron chi connectivity index (χ4n) is 3.22.